The van der Waals surface area contributed by atoms with Gasteiger partial charge in [-0.15, -0.1) is 0 Å². The lowest BCUT2D eigenvalue weighted by atomic mass is 10.3. The Kier molecular flexibility index (Phi) is 4.07. The molecule has 1 aromatic carbocycles. The number of aromatic nitrogens is 1. The van der Waals surface area contributed by atoms with Crippen molar-refractivity contribution in [1.29, 1.82) is 0 Å². The first-order valence-corrected chi connectivity index (χ1v) is 6.09. The number of carbonyl (C=O) groups excluding carboxylic acids is 1. The fourth-order valence-electron chi connectivity index (χ4n) is 1.32. The predicted molar refractivity (Wildman–Crippen MR) is 73.7 cm³/mol. The molecule has 0 unspecified atom stereocenters. The molecule has 0 atom stereocenters. The molecular weight excluding hydrogens is 295 g/mol. The van der Waals surface area contributed by atoms with Gasteiger partial charge < -0.3 is 5.32 Å². The summed E-state index contributed by atoms with van der Waals surface area (Å²) < 4.78 is 0. The van der Waals surface area contributed by atoms with Crippen molar-refractivity contribution in [2.75, 3.05) is 5.32 Å². The smallest absolute Gasteiger partial charge is 0.274 e. The van der Waals surface area contributed by atoms with Gasteiger partial charge in [0.05, 0.1) is 15.7 Å². The molecule has 2 rings (SSSR count). The van der Waals surface area contributed by atoms with Gasteiger partial charge in [-0.1, -0.05) is 46.9 Å². The zero-order valence-electron chi connectivity index (χ0n) is 8.95. The Morgan fingerprint density at radius 3 is 2.50 bits per heavy atom. The Morgan fingerprint density at radius 2 is 1.78 bits per heavy atom. The van der Waals surface area contributed by atoms with E-state index in [1.165, 1.54) is 0 Å². The van der Waals surface area contributed by atoms with Crippen molar-refractivity contribution in [3.63, 3.8) is 0 Å². The van der Waals surface area contributed by atoms with Crippen molar-refractivity contribution in [3.05, 3.63) is 57.3 Å². The largest absolute Gasteiger partial charge is 0.319 e. The van der Waals surface area contributed by atoms with Gasteiger partial charge in [-0.25, -0.2) is 4.98 Å². The zero-order chi connectivity index (χ0) is 13.1. The SMILES string of the molecule is O=C(Nc1cccc(Cl)c1Cl)c1cccc(Cl)n1. The molecular formula is C12H7Cl3N2O. The van der Waals surface area contributed by atoms with Crippen LogP contribution < -0.4 is 5.32 Å². The van der Waals surface area contributed by atoms with Gasteiger partial charge in [0.2, 0.25) is 0 Å². The second-order valence-electron chi connectivity index (χ2n) is 3.40. The van der Waals surface area contributed by atoms with Gasteiger partial charge in [0.1, 0.15) is 10.8 Å². The molecule has 1 aromatic heterocycles. The summed E-state index contributed by atoms with van der Waals surface area (Å²) in [6.45, 7) is 0. The Labute approximate surface area is 119 Å². The maximum atomic E-state index is 11.9. The van der Waals surface area contributed by atoms with Crippen molar-refractivity contribution >= 4 is 46.4 Å². The van der Waals surface area contributed by atoms with E-state index in [0.717, 1.165) is 0 Å². The van der Waals surface area contributed by atoms with Crippen LogP contribution in [0.1, 0.15) is 10.5 Å². The molecule has 1 N–H and O–H groups in total. The van der Waals surface area contributed by atoms with Crippen molar-refractivity contribution in [2.45, 2.75) is 0 Å². The number of amides is 1. The monoisotopic (exact) mass is 300 g/mol. The molecule has 6 heteroatoms. The standard InChI is InChI=1S/C12H7Cl3N2O/c13-7-3-1-4-8(11(7)15)17-12(18)9-5-2-6-10(14)16-9/h1-6H,(H,17,18). The molecule has 0 aliphatic rings. The van der Waals surface area contributed by atoms with Crippen LogP contribution in [0.15, 0.2) is 36.4 Å². The lowest BCUT2D eigenvalue weighted by Crippen LogP contribution is -2.13. The summed E-state index contributed by atoms with van der Waals surface area (Å²) in [6, 6.07) is 9.76. The number of rotatable bonds is 2. The fraction of sp³-hybridized carbons (Fsp3) is 0. The first kappa shape index (κ1) is 13.1. The van der Waals surface area contributed by atoms with Crippen LogP contribution in [0.2, 0.25) is 15.2 Å². The van der Waals surface area contributed by atoms with E-state index in [0.29, 0.717) is 10.7 Å². The molecule has 0 bridgehead atoms. The zero-order valence-corrected chi connectivity index (χ0v) is 11.2. The van der Waals surface area contributed by atoms with Crippen molar-refractivity contribution in [1.82, 2.24) is 4.98 Å². The molecule has 0 aliphatic heterocycles. The number of hydrogen-bond donors (Lipinski definition) is 1. The highest BCUT2D eigenvalue weighted by Gasteiger charge is 2.11. The topological polar surface area (TPSA) is 42.0 Å². The van der Waals surface area contributed by atoms with Gasteiger partial charge in [-0.2, -0.15) is 0 Å². The molecule has 2 aromatic rings. The Morgan fingerprint density at radius 1 is 1.06 bits per heavy atom. The normalized spacial score (nSPS) is 10.2. The molecule has 18 heavy (non-hydrogen) atoms. The minimum absolute atomic E-state index is 0.207. The van der Waals surface area contributed by atoms with E-state index < -0.39 is 5.91 Å². The minimum atomic E-state index is -0.401. The van der Waals surface area contributed by atoms with E-state index >= 15 is 0 Å². The maximum Gasteiger partial charge on any atom is 0.274 e. The maximum absolute atomic E-state index is 11.9. The lowest BCUT2D eigenvalue weighted by Gasteiger charge is -2.07. The summed E-state index contributed by atoms with van der Waals surface area (Å²) in [5.74, 6) is -0.401. The first-order chi connectivity index (χ1) is 8.58. The van der Waals surface area contributed by atoms with E-state index in [-0.39, 0.29) is 15.9 Å². The average molecular weight is 302 g/mol. The van der Waals surface area contributed by atoms with Crippen LogP contribution in [0.5, 0.6) is 0 Å². The number of nitrogens with zero attached hydrogens (tertiary/aromatic N) is 1. The number of nitrogens with one attached hydrogen (secondary N) is 1. The van der Waals surface area contributed by atoms with Crippen LogP contribution in [-0.4, -0.2) is 10.9 Å². The fourth-order valence-corrected chi connectivity index (χ4v) is 1.83. The second-order valence-corrected chi connectivity index (χ2v) is 4.57. The van der Waals surface area contributed by atoms with Gasteiger partial charge in [-0.05, 0) is 24.3 Å². The van der Waals surface area contributed by atoms with Gasteiger partial charge in [0.15, 0.2) is 0 Å². The van der Waals surface area contributed by atoms with Gasteiger partial charge in [0, 0.05) is 0 Å². The molecule has 0 fully saturated rings. The molecule has 3 nitrogen and oxygen atoms in total. The second kappa shape index (κ2) is 5.57. The number of carbonyl (C=O) groups is 1. The van der Waals surface area contributed by atoms with Gasteiger partial charge in [-0.3, -0.25) is 4.79 Å². The third-order valence-electron chi connectivity index (χ3n) is 2.15. The number of anilines is 1. The highest BCUT2D eigenvalue weighted by molar-refractivity contribution is 6.44. The molecule has 0 radical (unpaired) electrons. The van der Waals surface area contributed by atoms with Crippen LogP contribution in [0.3, 0.4) is 0 Å². The summed E-state index contributed by atoms with van der Waals surface area (Å²) >= 11 is 17.5. The number of halogens is 3. The molecule has 0 aliphatic carbocycles. The third kappa shape index (κ3) is 2.93. The summed E-state index contributed by atoms with van der Waals surface area (Å²) in [5.41, 5.74) is 0.634. The van der Waals surface area contributed by atoms with Crippen molar-refractivity contribution < 1.29 is 4.79 Å². The Balaban J connectivity index is 2.24. The summed E-state index contributed by atoms with van der Waals surface area (Å²) in [4.78, 5) is 15.8. The van der Waals surface area contributed by atoms with Gasteiger partial charge >= 0.3 is 0 Å². The summed E-state index contributed by atoms with van der Waals surface area (Å²) in [5, 5.41) is 3.52. The number of hydrogen-bond acceptors (Lipinski definition) is 2. The van der Waals surface area contributed by atoms with E-state index in [2.05, 4.69) is 10.3 Å². The van der Waals surface area contributed by atoms with Crippen LogP contribution >= 0.6 is 34.8 Å². The minimum Gasteiger partial charge on any atom is -0.319 e. The highest BCUT2D eigenvalue weighted by atomic mass is 35.5. The quantitative estimate of drug-likeness (QED) is 0.841. The molecule has 1 amide bonds. The number of benzene rings is 1. The summed E-state index contributed by atoms with van der Waals surface area (Å²) in [7, 11) is 0. The molecule has 0 saturated carbocycles. The first-order valence-electron chi connectivity index (χ1n) is 4.96. The van der Waals surface area contributed by atoms with E-state index in [4.69, 9.17) is 34.8 Å². The van der Waals surface area contributed by atoms with Crippen molar-refractivity contribution in [2.24, 2.45) is 0 Å². The lowest BCUT2D eigenvalue weighted by molar-refractivity contribution is 0.102. The molecule has 1 heterocycles. The highest BCUT2D eigenvalue weighted by Crippen LogP contribution is 2.29. The predicted octanol–water partition coefficient (Wildman–Crippen LogP) is 4.29. The van der Waals surface area contributed by atoms with E-state index in [1.807, 2.05) is 0 Å². The Bertz CT molecular complexity index is 602. The van der Waals surface area contributed by atoms with Crippen LogP contribution in [0, 0.1) is 0 Å². The molecule has 0 spiro atoms. The van der Waals surface area contributed by atoms with Gasteiger partial charge in [0.25, 0.3) is 5.91 Å². The third-order valence-corrected chi connectivity index (χ3v) is 3.18. The molecule has 0 saturated heterocycles. The van der Waals surface area contributed by atoms with E-state index in [9.17, 15) is 4.79 Å². The van der Waals surface area contributed by atoms with Crippen LogP contribution in [0.25, 0.3) is 0 Å². The summed E-state index contributed by atoms with van der Waals surface area (Å²) in [6.07, 6.45) is 0. The van der Waals surface area contributed by atoms with E-state index in [1.54, 1.807) is 36.4 Å². The average Bonchev–Trinajstić information content (AvgIpc) is 2.35. The number of pyridine rings is 1. The van der Waals surface area contributed by atoms with Crippen LogP contribution in [-0.2, 0) is 0 Å². The van der Waals surface area contributed by atoms with Crippen LogP contribution in [0.4, 0.5) is 5.69 Å². The molecule has 92 valence electrons. The van der Waals surface area contributed by atoms with Crippen molar-refractivity contribution in [3.8, 4) is 0 Å². The Hall–Kier alpha value is -1.29.